The Morgan fingerprint density at radius 1 is 1.16 bits per heavy atom. The lowest BCUT2D eigenvalue weighted by Gasteiger charge is -2.44. The van der Waals surface area contributed by atoms with E-state index >= 15 is 0 Å². The SMILES string of the molecule is CC1(CO)CC(Nc2nnc(-c3ccc(C(F)(F)F)cc3CC(F)(F)F)c3cncn23)C1. The summed E-state index contributed by atoms with van der Waals surface area (Å²) >= 11 is 0. The molecule has 12 heteroatoms. The number of aliphatic hydroxyl groups excluding tert-OH is 1. The zero-order valence-electron chi connectivity index (χ0n) is 16.8. The van der Waals surface area contributed by atoms with Gasteiger partial charge in [0.25, 0.3) is 0 Å². The summed E-state index contributed by atoms with van der Waals surface area (Å²) in [4.78, 5) is 4.01. The topological polar surface area (TPSA) is 75.3 Å². The van der Waals surface area contributed by atoms with Crippen LogP contribution in [0.4, 0.5) is 32.3 Å². The highest BCUT2D eigenvalue weighted by molar-refractivity contribution is 5.79. The van der Waals surface area contributed by atoms with E-state index in [1.807, 2.05) is 6.92 Å². The van der Waals surface area contributed by atoms with E-state index < -0.39 is 29.9 Å². The molecule has 2 aromatic heterocycles. The molecule has 0 aliphatic heterocycles. The Morgan fingerprint density at radius 2 is 1.88 bits per heavy atom. The second-order valence-electron chi connectivity index (χ2n) is 8.40. The molecule has 0 radical (unpaired) electrons. The molecule has 32 heavy (non-hydrogen) atoms. The van der Waals surface area contributed by atoms with Crippen LogP contribution in [-0.2, 0) is 12.6 Å². The summed E-state index contributed by atoms with van der Waals surface area (Å²) in [6.45, 7) is 1.99. The minimum atomic E-state index is -4.78. The number of halogens is 6. The average molecular weight is 459 g/mol. The molecule has 2 N–H and O–H groups in total. The van der Waals surface area contributed by atoms with Gasteiger partial charge in [-0.2, -0.15) is 26.3 Å². The number of aliphatic hydroxyl groups is 1. The summed E-state index contributed by atoms with van der Waals surface area (Å²) in [6, 6.07) is 2.21. The van der Waals surface area contributed by atoms with Gasteiger partial charge in [0.1, 0.15) is 12.0 Å². The van der Waals surface area contributed by atoms with Crippen LogP contribution in [0.3, 0.4) is 0 Å². The van der Waals surface area contributed by atoms with Crippen molar-refractivity contribution in [1.29, 1.82) is 0 Å². The first-order chi connectivity index (χ1) is 14.9. The molecule has 4 rings (SSSR count). The van der Waals surface area contributed by atoms with Crippen LogP contribution >= 0.6 is 0 Å². The number of hydrogen-bond acceptors (Lipinski definition) is 5. The third-order valence-corrected chi connectivity index (χ3v) is 5.63. The van der Waals surface area contributed by atoms with Crippen molar-refractivity contribution in [1.82, 2.24) is 19.6 Å². The van der Waals surface area contributed by atoms with Crippen molar-refractivity contribution in [3.8, 4) is 11.3 Å². The van der Waals surface area contributed by atoms with Gasteiger partial charge in [0, 0.05) is 18.2 Å². The molecule has 0 spiro atoms. The predicted octanol–water partition coefficient (Wildman–Crippen LogP) is 4.49. The molecule has 1 aromatic carbocycles. The molecule has 6 nitrogen and oxygen atoms in total. The zero-order valence-corrected chi connectivity index (χ0v) is 16.8. The number of rotatable bonds is 5. The van der Waals surface area contributed by atoms with Crippen LogP contribution in [-0.4, -0.2) is 43.5 Å². The van der Waals surface area contributed by atoms with E-state index in [1.54, 1.807) is 0 Å². The molecule has 0 unspecified atom stereocenters. The summed E-state index contributed by atoms with van der Waals surface area (Å²) in [6.07, 6.45) is -6.90. The highest BCUT2D eigenvalue weighted by Gasteiger charge is 2.40. The molecule has 1 aliphatic rings. The van der Waals surface area contributed by atoms with E-state index in [0.29, 0.717) is 30.4 Å². The van der Waals surface area contributed by atoms with E-state index in [4.69, 9.17) is 0 Å². The molecule has 0 amide bonds. The van der Waals surface area contributed by atoms with Crippen molar-refractivity contribution >= 4 is 11.5 Å². The molecule has 1 aliphatic carbocycles. The molecule has 2 heterocycles. The molecule has 0 bridgehead atoms. The maximum Gasteiger partial charge on any atom is 0.416 e. The van der Waals surface area contributed by atoms with Gasteiger partial charge in [0.15, 0.2) is 0 Å². The van der Waals surface area contributed by atoms with E-state index in [-0.39, 0.29) is 29.3 Å². The van der Waals surface area contributed by atoms with E-state index in [0.717, 1.165) is 12.1 Å². The third-order valence-electron chi connectivity index (χ3n) is 5.63. The molecule has 3 aromatic rings. The smallest absolute Gasteiger partial charge is 0.396 e. The number of benzene rings is 1. The fraction of sp³-hybridized carbons (Fsp3) is 0.450. The van der Waals surface area contributed by atoms with Gasteiger partial charge < -0.3 is 10.4 Å². The van der Waals surface area contributed by atoms with Crippen molar-refractivity contribution in [3.63, 3.8) is 0 Å². The number of alkyl halides is 6. The van der Waals surface area contributed by atoms with Gasteiger partial charge >= 0.3 is 12.4 Å². The fourth-order valence-corrected chi connectivity index (χ4v) is 4.03. The van der Waals surface area contributed by atoms with Gasteiger partial charge in [-0.25, -0.2) is 4.98 Å². The largest absolute Gasteiger partial charge is 0.416 e. The monoisotopic (exact) mass is 459 g/mol. The van der Waals surface area contributed by atoms with E-state index in [9.17, 15) is 31.4 Å². The van der Waals surface area contributed by atoms with E-state index in [2.05, 4.69) is 20.5 Å². The van der Waals surface area contributed by atoms with Crippen molar-refractivity contribution in [2.45, 2.75) is 44.6 Å². The molecule has 1 fully saturated rings. The highest BCUT2D eigenvalue weighted by Crippen LogP contribution is 2.42. The second kappa shape index (κ2) is 7.61. The van der Waals surface area contributed by atoms with Gasteiger partial charge in [-0.1, -0.05) is 13.0 Å². The van der Waals surface area contributed by atoms with Crippen LogP contribution in [0.1, 0.15) is 30.9 Å². The number of nitrogens with zero attached hydrogens (tertiary/aromatic N) is 4. The summed E-state index contributed by atoms with van der Waals surface area (Å²) < 4.78 is 80.1. The van der Waals surface area contributed by atoms with Crippen LogP contribution < -0.4 is 5.32 Å². The number of fused-ring (bicyclic) bond motifs is 1. The van der Waals surface area contributed by atoms with E-state index in [1.165, 1.54) is 16.9 Å². The first-order valence-corrected chi connectivity index (χ1v) is 9.72. The number of hydrogen-bond donors (Lipinski definition) is 2. The van der Waals surface area contributed by atoms with Gasteiger partial charge in [0.2, 0.25) is 5.95 Å². The lowest BCUT2D eigenvalue weighted by Crippen LogP contribution is -2.45. The Balaban J connectivity index is 1.73. The van der Waals surface area contributed by atoms with Crippen molar-refractivity contribution < 1.29 is 31.4 Å². The van der Waals surface area contributed by atoms with Crippen LogP contribution in [0.25, 0.3) is 16.8 Å². The van der Waals surface area contributed by atoms with Crippen molar-refractivity contribution in [2.24, 2.45) is 5.41 Å². The molecule has 0 saturated heterocycles. The first kappa shape index (κ1) is 22.3. The minimum absolute atomic E-state index is 0.00479. The lowest BCUT2D eigenvalue weighted by molar-refractivity contribution is -0.138. The van der Waals surface area contributed by atoms with Crippen LogP contribution in [0.15, 0.2) is 30.7 Å². The quantitative estimate of drug-likeness (QED) is 0.550. The average Bonchev–Trinajstić information content (AvgIpc) is 3.15. The van der Waals surface area contributed by atoms with Crippen LogP contribution in [0.5, 0.6) is 0 Å². The van der Waals surface area contributed by atoms with Gasteiger partial charge in [0.05, 0.1) is 23.7 Å². The summed E-state index contributed by atoms with van der Waals surface area (Å²) in [5.41, 5.74) is -1.72. The first-order valence-electron chi connectivity index (χ1n) is 9.72. The summed E-state index contributed by atoms with van der Waals surface area (Å²) in [5.74, 6) is 0.301. The Morgan fingerprint density at radius 3 is 2.50 bits per heavy atom. The van der Waals surface area contributed by atoms with Gasteiger partial charge in [-0.05, 0) is 36.0 Å². The van der Waals surface area contributed by atoms with Gasteiger partial charge in [-0.15, -0.1) is 10.2 Å². The zero-order chi connectivity index (χ0) is 23.3. The van der Waals surface area contributed by atoms with Crippen molar-refractivity contribution in [3.05, 3.63) is 41.9 Å². The number of imidazole rings is 1. The Kier molecular flexibility index (Phi) is 5.30. The molecular formula is C20H19F6N5O. The molecule has 172 valence electrons. The predicted molar refractivity (Wildman–Crippen MR) is 103 cm³/mol. The van der Waals surface area contributed by atoms with Crippen LogP contribution in [0.2, 0.25) is 0 Å². The maximum absolute atomic E-state index is 13.1. The standard InChI is InChI=1S/C20H19F6N5O/c1-18(9-32)6-13(7-18)28-17-30-29-16(15-8-27-10-31(15)17)14-3-2-12(20(24,25)26)4-11(14)5-19(21,22)23/h2-4,8,10,13,32H,5-7,9H2,1H3,(H,28,30). The Hall–Kier alpha value is -2.89. The molecule has 1 saturated carbocycles. The second-order valence-corrected chi connectivity index (χ2v) is 8.40. The number of anilines is 1. The molecule has 0 atom stereocenters. The summed E-state index contributed by atoms with van der Waals surface area (Å²) in [5, 5.41) is 20.6. The normalized spacial score (nSPS) is 21.6. The maximum atomic E-state index is 13.1. The fourth-order valence-electron chi connectivity index (χ4n) is 4.03. The highest BCUT2D eigenvalue weighted by atomic mass is 19.4. The third kappa shape index (κ3) is 4.36. The Bertz CT molecular complexity index is 1130. The molecular weight excluding hydrogens is 440 g/mol. The summed E-state index contributed by atoms with van der Waals surface area (Å²) in [7, 11) is 0. The van der Waals surface area contributed by atoms with Crippen LogP contribution in [0, 0.1) is 5.41 Å². The van der Waals surface area contributed by atoms with Crippen molar-refractivity contribution in [2.75, 3.05) is 11.9 Å². The number of aromatic nitrogens is 4. The lowest BCUT2D eigenvalue weighted by atomic mass is 9.67. The Labute approximate surface area is 178 Å². The minimum Gasteiger partial charge on any atom is -0.396 e. The van der Waals surface area contributed by atoms with Gasteiger partial charge in [-0.3, -0.25) is 4.40 Å². The number of nitrogens with one attached hydrogen (secondary N) is 1.